The Balaban J connectivity index is 2.35. The van der Waals surface area contributed by atoms with E-state index in [-0.39, 0.29) is 17.5 Å². The van der Waals surface area contributed by atoms with E-state index in [9.17, 15) is 13.2 Å². The third kappa shape index (κ3) is 2.64. The number of carbonyl (C=O) groups excluding carboxylic acids is 1. The number of sulfonamides is 1. The van der Waals surface area contributed by atoms with Gasteiger partial charge in [-0.05, 0) is 30.2 Å². The van der Waals surface area contributed by atoms with Gasteiger partial charge in [-0.25, -0.2) is 12.7 Å². The van der Waals surface area contributed by atoms with Crippen molar-refractivity contribution in [3.05, 3.63) is 23.8 Å². The number of methoxy groups -OCH3 is 1. The molecule has 0 amide bonds. The molecule has 2 rings (SSSR count). The molecule has 1 aromatic rings. The maximum atomic E-state index is 12.1. The highest BCUT2D eigenvalue weighted by Gasteiger charge is 2.28. The van der Waals surface area contributed by atoms with Crippen LogP contribution in [0.3, 0.4) is 0 Å². The maximum Gasteiger partial charge on any atom is 0.312 e. The van der Waals surface area contributed by atoms with Gasteiger partial charge >= 0.3 is 5.97 Å². The second-order valence-corrected chi connectivity index (χ2v) is 6.94. The average Bonchev–Trinajstić information content (AvgIpc) is 2.44. The van der Waals surface area contributed by atoms with Gasteiger partial charge in [0.15, 0.2) is 0 Å². The molecule has 0 fully saturated rings. The summed E-state index contributed by atoms with van der Waals surface area (Å²) >= 11 is 0. The number of fused-ring (bicyclic) bond motifs is 1. The van der Waals surface area contributed by atoms with Crippen molar-refractivity contribution in [1.82, 2.24) is 4.31 Å². The summed E-state index contributed by atoms with van der Waals surface area (Å²) in [6.45, 7) is 0.249. The fraction of sp³-hybridized carbons (Fsp3) is 0.462. The van der Waals surface area contributed by atoms with Gasteiger partial charge in [-0.2, -0.15) is 0 Å². The molecular formula is C13H17NO5S. The molecule has 7 heteroatoms. The van der Waals surface area contributed by atoms with Crippen LogP contribution in [0.2, 0.25) is 0 Å². The zero-order valence-electron chi connectivity index (χ0n) is 11.6. The van der Waals surface area contributed by atoms with Crippen LogP contribution < -0.4 is 4.74 Å². The van der Waals surface area contributed by atoms with E-state index in [0.29, 0.717) is 17.7 Å². The SMILES string of the molecule is COC(=O)C1COc2ccc(S(=O)(=O)N(C)C)cc2C1. The lowest BCUT2D eigenvalue weighted by Crippen LogP contribution is -2.29. The summed E-state index contributed by atoms with van der Waals surface area (Å²) in [6.07, 6.45) is 0.415. The number of benzene rings is 1. The molecule has 1 atom stereocenters. The van der Waals surface area contributed by atoms with Crippen molar-refractivity contribution in [3.8, 4) is 5.75 Å². The van der Waals surface area contributed by atoms with Crippen molar-refractivity contribution in [2.75, 3.05) is 27.8 Å². The number of ether oxygens (including phenoxy) is 2. The van der Waals surface area contributed by atoms with E-state index in [4.69, 9.17) is 9.47 Å². The topological polar surface area (TPSA) is 72.9 Å². The molecule has 1 aromatic carbocycles. The van der Waals surface area contributed by atoms with Crippen molar-refractivity contribution in [2.45, 2.75) is 11.3 Å². The molecule has 1 unspecified atom stereocenters. The Labute approximate surface area is 118 Å². The molecule has 1 heterocycles. The van der Waals surface area contributed by atoms with Gasteiger partial charge in [-0.3, -0.25) is 4.79 Å². The molecule has 0 saturated heterocycles. The first-order chi connectivity index (χ1) is 9.36. The van der Waals surface area contributed by atoms with Crippen LogP contribution >= 0.6 is 0 Å². The second-order valence-electron chi connectivity index (χ2n) is 4.79. The molecule has 0 N–H and O–H groups in total. The largest absolute Gasteiger partial charge is 0.492 e. The van der Waals surface area contributed by atoms with Crippen LogP contribution in [0.25, 0.3) is 0 Å². The fourth-order valence-electron chi connectivity index (χ4n) is 2.06. The third-order valence-corrected chi connectivity index (χ3v) is 5.06. The lowest BCUT2D eigenvalue weighted by Gasteiger charge is -2.24. The minimum atomic E-state index is -3.49. The lowest BCUT2D eigenvalue weighted by atomic mass is 9.97. The van der Waals surface area contributed by atoms with Crippen LogP contribution in [0, 0.1) is 5.92 Å². The number of carbonyl (C=O) groups is 1. The maximum absolute atomic E-state index is 12.1. The smallest absolute Gasteiger partial charge is 0.312 e. The van der Waals surface area contributed by atoms with E-state index in [1.54, 1.807) is 12.1 Å². The number of nitrogens with zero attached hydrogens (tertiary/aromatic N) is 1. The summed E-state index contributed by atoms with van der Waals surface area (Å²) in [5.74, 6) is -0.135. The summed E-state index contributed by atoms with van der Waals surface area (Å²) in [7, 11) is 0.782. The van der Waals surface area contributed by atoms with Gasteiger partial charge in [0.05, 0.1) is 17.9 Å². The normalized spacial score (nSPS) is 18.3. The molecule has 0 spiro atoms. The average molecular weight is 299 g/mol. The van der Waals surface area contributed by atoms with Gasteiger partial charge in [-0.15, -0.1) is 0 Å². The molecule has 0 aliphatic carbocycles. The molecule has 20 heavy (non-hydrogen) atoms. The molecule has 0 bridgehead atoms. The minimum absolute atomic E-state index is 0.190. The van der Waals surface area contributed by atoms with E-state index in [2.05, 4.69) is 0 Å². The Morgan fingerprint density at radius 3 is 2.70 bits per heavy atom. The van der Waals surface area contributed by atoms with E-state index >= 15 is 0 Å². The zero-order valence-corrected chi connectivity index (χ0v) is 12.4. The summed E-state index contributed by atoms with van der Waals surface area (Å²) in [4.78, 5) is 11.7. The van der Waals surface area contributed by atoms with Gasteiger partial charge in [0.25, 0.3) is 0 Å². The van der Waals surface area contributed by atoms with Crippen molar-refractivity contribution in [3.63, 3.8) is 0 Å². The van der Waals surface area contributed by atoms with Crippen LogP contribution in [0.15, 0.2) is 23.1 Å². The molecule has 1 aliphatic heterocycles. The fourth-order valence-corrected chi connectivity index (χ4v) is 3.01. The number of hydrogen-bond donors (Lipinski definition) is 0. The monoisotopic (exact) mass is 299 g/mol. The van der Waals surface area contributed by atoms with Gasteiger partial charge in [0.1, 0.15) is 12.4 Å². The van der Waals surface area contributed by atoms with Crippen LogP contribution in [0.5, 0.6) is 5.75 Å². The van der Waals surface area contributed by atoms with Crippen molar-refractivity contribution in [2.24, 2.45) is 5.92 Å². The zero-order chi connectivity index (χ0) is 14.9. The summed E-state index contributed by atoms with van der Waals surface area (Å²) in [6, 6.07) is 4.69. The lowest BCUT2D eigenvalue weighted by molar-refractivity contribution is -0.146. The number of rotatable bonds is 3. The van der Waals surface area contributed by atoms with Crippen LogP contribution in [-0.4, -0.2) is 46.5 Å². The Bertz CT molecular complexity index is 624. The second kappa shape index (κ2) is 5.41. The Morgan fingerprint density at radius 1 is 1.40 bits per heavy atom. The van der Waals surface area contributed by atoms with E-state index in [1.807, 2.05) is 0 Å². The van der Waals surface area contributed by atoms with Crippen molar-refractivity contribution >= 4 is 16.0 Å². The first kappa shape index (κ1) is 14.8. The van der Waals surface area contributed by atoms with Crippen molar-refractivity contribution in [1.29, 1.82) is 0 Å². The van der Waals surface area contributed by atoms with E-state index < -0.39 is 15.9 Å². The van der Waals surface area contributed by atoms with Crippen LogP contribution in [-0.2, 0) is 26.0 Å². The third-order valence-electron chi connectivity index (χ3n) is 3.25. The van der Waals surface area contributed by atoms with E-state index in [0.717, 1.165) is 4.31 Å². The first-order valence-electron chi connectivity index (χ1n) is 6.12. The molecular weight excluding hydrogens is 282 g/mol. The highest BCUT2D eigenvalue weighted by atomic mass is 32.2. The van der Waals surface area contributed by atoms with Gasteiger partial charge in [-0.1, -0.05) is 0 Å². The summed E-state index contributed by atoms with van der Waals surface area (Å²) in [5.41, 5.74) is 0.703. The molecule has 1 aliphatic rings. The molecule has 0 aromatic heterocycles. The summed E-state index contributed by atoms with van der Waals surface area (Å²) in [5, 5.41) is 0. The quantitative estimate of drug-likeness (QED) is 0.767. The molecule has 110 valence electrons. The predicted octanol–water partition coefficient (Wildman–Crippen LogP) is 0.661. The highest BCUT2D eigenvalue weighted by Crippen LogP contribution is 2.30. The number of esters is 1. The predicted molar refractivity (Wildman–Crippen MR) is 72.0 cm³/mol. The standard InChI is InChI=1S/C13H17NO5S/c1-14(2)20(16,17)11-4-5-12-9(7-11)6-10(8-19-12)13(15)18-3/h4-5,7,10H,6,8H2,1-3H3. The summed E-state index contributed by atoms with van der Waals surface area (Å²) < 4.78 is 35.5. The number of hydrogen-bond acceptors (Lipinski definition) is 5. The van der Waals surface area contributed by atoms with Crippen LogP contribution in [0.1, 0.15) is 5.56 Å². The van der Waals surface area contributed by atoms with Gasteiger partial charge in [0.2, 0.25) is 10.0 Å². The highest BCUT2D eigenvalue weighted by molar-refractivity contribution is 7.89. The molecule has 0 radical (unpaired) electrons. The minimum Gasteiger partial charge on any atom is -0.492 e. The Morgan fingerprint density at radius 2 is 2.10 bits per heavy atom. The van der Waals surface area contributed by atoms with Crippen molar-refractivity contribution < 1.29 is 22.7 Å². The first-order valence-corrected chi connectivity index (χ1v) is 7.56. The van der Waals surface area contributed by atoms with Gasteiger partial charge < -0.3 is 9.47 Å². The molecule has 0 saturated carbocycles. The molecule has 6 nitrogen and oxygen atoms in total. The van der Waals surface area contributed by atoms with Gasteiger partial charge in [0, 0.05) is 14.1 Å². The Kier molecular flexibility index (Phi) is 4.01. The van der Waals surface area contributed by atoms with E-state index in [1.165, 1.54) is 27.3 Å². The van der Waals surface area contributed by atoms with Crippen LogP contribution in [0.4, 0.5) is 0 Å². The Hall–Kier alpha value is -1.60.